The van der Waals surface area contributed by atoms with Crippen LogP contribution in [0.4, 0.5) is 4.79 Å². The summed E-state index contributed by atoms with van der Waals surface area (Å²) in [7, 11) is 0. The number of nitrogens with zero attached hydrogens (tertiary/aromatic N) is 5. The van der Waals surface area contributed by atoms with E-state index in [4.69, 9.17) is 4.74 Å². The smallest absolute Gasteiger partial charge is 0.409 e. The molecule has 1 aliphatic rings. The van der Waals surface area contributed by atoms with Crippen LogP contribution in [0.15, 0.2) is 30.6 Å². The largest absolute Gasteiger partial charge is 0.450 e. The van der Waals surface area contributed by atoms with E-state index in [1.165, 1.54) is 6.33 Å². The first-order valence-corrected chi connectivity index (χ1v) is 9.22. The maximum atomic E-state index is 12.9. The summed E-state index contributed by atoms with van der Waals surface area (Å²) < 4.78 is 6.85. The first-order chi connectivity index (χ1) is 13.0. The Morgan fingerprint density at radius 3 is 2.52 bits per heavy atom. The molecule has 0 radical (unpaired) electrons. The van der Waals surface area contributed by atoms with E-state index in [2.05, 4.69) is 10.1 Å². The second-order valence-electron chi connectivity index (χ2n) is 6.68. The van der Waals surface area contributed by atoms with Gasteiger partial charge in [0, 0.05) is 43.3 Å². The standard InChI is InChI=1S/C19H25N5O3/c1-4-27-19(26)23-10-8-22(9-11-23)18(25)16-7-5-6-15(12-16)17-20-13-21-24(17)14(2)3/h5-7,12-14H,4,8-11H2,1-3H3. The molecule has 8 heteroatoms. The lowest BCUT2D eigenvalue weighted by Crippen LogP contribution is -2.50. The summed E-state index contributed by atoms with van der Waals surface area (Å²) in [5, 5.41) is 4.26. The number of carbonyl (C=O) groups excluding carboxylic acids is 2. The van der Waals surface area contributed by atoms with Gasteiger partial charge in [-0.25, -0.2) is 14.5 Å². The minimum Gasteiger partial charge on any atom is -0.450 e. The molecule has 1 aromatic heterocycles. The Hall–Kier alpha value is -2.90. The quantitative estimate of drug-likeness (QED) is 0.825. The van der Waals surface area contributed by atoms with Gasteiger partial charge in [-0.15, -0.1) is 0 Å². The predicted molar refractivity (Wildman–Crippen MR) is 100 cm³/mol. The average Bonchev–Trinajstić information content (AvgIpc) is 3.18. The molecule has 2 amide bonds. The van der Waals surface area contributed by atoms with Crippen LogP contribution in [0, 0.1) is 0 Å². The van der Waals surface area contributed by atoms with Crippen LogP contribution in [0.5, 0.6) is 0 Å². The van der Waals surface area contributed by atoms with E-state index in [-0.39, 0.29) is 18.0 Å². The summed E-state index contributed by atoms with van der Waals surface area (Å²) in [6, 6.07) is 7.62. The van der Waals surface area contributed by atoms with Gasteiger partial charge < -0.3 is 14.5 Å². The summed E-state index contributed by atoms with van der Waals surface area (Å²) >= 11 is 0. The predicted octanol–water partition coefficient (Wildman–Crippen LogP) is 2.44. The summed E-state index contributed by atoms with van der Waals surface area (Å²) in [5.41, 5.74) is 1.47. The van der Waals surface area contributed by atoms with E-state index in [1.807, 2.05) is 36.7 Å². The van der Waals surface area contributed by atoms with Crippen molar-refractivity contribution in [1.82, 2.24) is 24.6 Å². The molecule has 0 spiro atoms. The van der Waals surface area contributed by atoms with Crippen molar-refractivity contribution in [3.8, 4) is 11.4 Å². The van der Waals surface area contributed by atoms with Gasteiger partial charge in [-0.2, -0.15) is 5.10 Å². The van der Waals surface area contributed by atoms with Gasteiger partial charge in [0.2, 0.25) is 0 Å². The van der Waals surface area contributed by atoms with E-state index < -0.39 is 0 Å². The Balaban J connectivity index is 1.71. The fraction of sp³-hybridized carbons (Fsp3) is 0.474. The second kappa shape index (κ2) is 8.20. The van der Waals surface area contributed by atoms with Crippen LogP contribution in [0.3, 0.4) is 0 Å². The number of carbonyl (C=O) groups is 2. The Kier molecular flexibility index (Phi) is 5.73. The van der Waals surface area contributed by atoms with Gasteiger partial charge in [-0.1, -0.05) is 12.1 Å². The van der Waals surface area contributed by atoms with Crippen molar-refractivity contribution < 1.29 is 14.3 Å². The summed E-state index contributed by atoms with van der Waals surface area (Å²) in [6.07, 6.45) is 1.21. The molecular weight excluding hydrogens is 346 g/mol. The molecule has 1 fully saturated rings. The highest BCUT2D eigenvalue weighted by Gasteiger charge is 2.25. The first-order valence-electron chi connectivity index (χ1n) is 9.22. The molecule has 0 unspecified atom stereocenters. The lowest BCUT2D eigenvalue weighted by molar-refractivity contribution is 0.0570. The van der Waals surface area contributed by atoms with Crippen molar-refractivity contribution in [2.75, 3.05) is 32.8 Å². The molecule has 0 N–H and O–H groups in total. The number of benzene rings is 1. The van der Waals surface area contributed by atoms with Gasteiger partial charge in [0.15, 0.2) is 5.82 Å². The minimum absolute atomic E-state index is 0.0454. The lowest BCUT2D eigenvalue weighted by atomic mass is 10.1. The van der Waals surface area contributed by atoms with Crippen molar-refractivity contribution in [2.24, 2.45) is 0 Å². The molecule has 27 heavy (non-hydrogen) atoms. The SMILES string of the molecule is CCOC(=O)N1CCN(C(=O)c2cccc(-c3ncnn3C(C)C)c2)CC1. The normalized spacial score (nSPS) is 14.5. The first kappa shape index (κ1) is 18.9. The zero-order valence-corrected chi connectivity index (χ0v) is 16.0. The van der Waals surface area contributed by atoms with Crippen LogP contribution < -0.4 is 0 Å². The molecule has 8 nitrogen and oxygen atoms in total. The summed E-state index contributed by atoms with van der Waals surface area (Å²) in [6.45, 7) is 8.15. The molecule has 1 saturated heterocycles. The summed E-state index contributed by atoms with van der Waals surface area (Å²) in [4.78, 5) is 32.4. The van der Waals surface area contributed by atoms with Crippen molar-refractivity contribution in [3.63, 3.8) is 0 Å². The van der Waals surface area contributed by atoms with Crippen LogP contribution >= 0.6 is 0 Å². The Morgan fingerprint density at radius 2 is 1.85 bits per heavy atom. The molecule has 3 rings (SSSR count). The molecule has 0 aliphatic carbocycles. The van der Waals surface area contributed by atoms with Gasteiger partial charge in [0.1, 0.15) is 6.33 Å². The third-order valence-corrected chi connectivity index (χ3v) is 4.52. The zero-order chi connectivity index (χ0) is 19.4. The fourth-order valence-corrected chi connectivity index (χ4v) is 3.12. The third-order valence-electron chi connectivity index (χ3n) is 4.52. The zero-order valence-electron chi connectivity index (χ0n) is 16.0. The van der Waals surface area contributed by atoms with E-state index in [1.54, 1.807) is 22.8 Å². The maximum Gasteiger partial charge on any atom is 0.409 e. The van der Waals surface area contributed by atoms with Crippen LogP contribution in [0.25, 0.3) is 11.4 Å². The monoisotopic (exact) mass is 371 g/mol. The van der Waals surface area contributed by atoms with E-state index in [0.29, 0.717) is 38.3 Å². The maximum absolute atomic E-state index is 12.9. The molecular formula is C19H25N5O3. The number of amides is 2. The van der Waals surface area contributed by atoms with Gasteiger partial charge in [0.05, 0.1) is 6.61 Å². The lowest BCUT2D eigenvalue weighted by Gasteiger charge is -2.34. The number of rotatable bonds is 4. The summed E-state index contributed by atoms with van der Waals surface area (Å²) in [5.74, 6) is 0.697. The minimum atomic E-state index is -0.320. The molecule has 0 atom stereocenters. The van der Waals surface area contributed by atoms with Gasteiger partial charge in [-0.3, -0.25) is 4.79 Å². The van der Waals surface area contributed by atoms with Gasteiger partial charge in [0.25, 0.3) is 5.91 Å². The van der Waals surface area contributed by atoms with Crippen molar-refractivity contribution in [1.29, 1.82) is 0 Å². The fourth-order valence-electron chi connectivity index (χ4n) is 3.12. The van der Waals surface area contributed by atoms with E-state index in [9.17, 15) is 9.59 Å². The molecule has 144 valence electrons. The Labute approximate surface area is 158 Å². The van der Waals surface area contributed by atoms with Crippen LogP contribution in [-0.4, -0.2) is 69.4 Å². The molecule has 0 bridgehead atoms. The highest BCUT2D eigenvalue weighted by Crippen LogP contribution is 2.21. The van der Waals surface area contributed by atoms with Crippen LogP contribution in [0.1, 0.15) is 37.2 Å². The van der Waals surface area contributed by atoms with Crippen molar-refractivity contribution in [3.05, 3.63) is 36.2 Å². The third kappa shape index (κ3) is 4.10. The molecule has 1 aliphatic heterocycles. The van der Waals surface area contributed by atoms with Crippen LogP contribution in [0.2, 0.25) is 0 Å². The highest BCUT2D eigenvalue weighted by atomic mass is 16.6. The topological polar surface area (TPSA) is 80.6 Å². The highest BCUT2D eigenvalue weighted by molar-refractivity contribution is 5.95. The molecule has 2 aromatic rings. The van der Waals surface area contributed by atoms with Crippen molar-refractivity contribution in [2.45, 2.75) is 26.8 Å². The molecule has 1 aromatic carbocycles. The Morgan fingerprint density at radius 1 is 1.15 bits per heavy atom. The number of piperazine rings is 1. The van der Waals surface area contributed by atoms with Gasteiger partial charge >= 0.3 is 6.09 Å². The van der Waals surface area contributed by atoms with Crippen molar-refractivity contribution >= 4 is 12.0 Å². The Bertz CT molecular complexity index is 809. The van der Waals surface area contributed by atoms with E-state index >= 15 is 0 Å². The average molecular weight is 371 g/mol. The molecule has 2 heterocycles. The van der Waals surface area contributed by atoms with E-state index in [0.717, 1.165) is 11.4 Å². The van der Waals surface area contributed by atoms with Gasteiger partial charge in [-0.05, 0) is 32.9 Å². The number of ether oxygens (including phenoxy) is 1. The second-order valence-corrected chi connectivity index (χ2v) is 6.68. The number of hydrogen-bond acceptors (Lipinski definition) is 5. The number of hydrogen-bond donors (Lipinski definition) is 0. The molecule has 0 saturated carbocycles. The number of aromatic nitrogens is 3. The van der Waals surface area contributed by atoms with Crippen LogP contribution in [-0.2, 0) is 4.74 Å².